The van der Waals surface area contributed by atoms with Crippen molar-refractivity contribution in [1.82, 2.24) is 5.32 Å². The van der Waals surface area contributed by atoms with Crippen molar-refractivity contribution in [3.63, 3.8) is 0 Å². The van der Waals surface area contributed by atoms with Gasteiger partial charge in [0, 0.05) is 25.7 Å². The van der Waals surface area contributed by atoms with E-state index in [0.717, 1.165) is 64.8 Å². The normalized spacial score (nSPS) is 23.3. The fourth-order valence-electron chi connectivity index (χ4n) is 2.54. The molecule has 0 aromatic rings. The van der Waals surface area contributed by atoms with Crippen LogP contribution in [0.2, 0.25) is 0 Å². The molecule has 1 amide bonds. The molecule has 0 aliphatic heterocycles. The van der Waals surface area contributed by atoms with Gasteiger partial charge in [-0.1, -0.05) is 13.3 Å². The average molecular weight is 270 g/mol. The van der Waals surface area contributed by atoms with Gasteiger partial charge in [-0.25, -0.2) is 0 Å². The summed E-state index contributed by atoms with van der Waals surface area (Å²) >= 11 is 0. The molecule has 0 saturated heterocycles. The van der Waals surface area contributed by atoms with Crippen LogP contribution in [-0.2, 0) is 9.53 Å². The quantitative estimate of drug-likeness (QED) is 0.630. The smallest absolute Gasteiger partial charge is 0.223 e. The first-order valence-corrected chi connectivity index (χ1v) is 7.83. The molecule has 1 rings (SSSR count). The summed E-state index contributed by atoms with van der Waals surface area (Å²) in [6.45, 7) is 5.25. The van der Waals surface area contributed by atoms with Crippen molar-refractivity contribution in [1.29, 1.82) is 0 Å². The van der Waals surface area contributed by atoms with Crippen LogP contribution in [0, 0.1) is 11.8 Å². The van der Waals surface area contributed by atoms with E-state index in [1.165, 1.54) is 6.42 Å². The van der Waals surface area contributed by atoms with Gasteiger partial charge >= 0.3 is 0 Å². The topological polar surface area (TPSA) is 64.3 Å². The van der Waals surface area contributed by atoms with Crippen LogP contribution in [0.25, 0.3) is 0 Å². The number of nitrogens with two attached hydrogens (primary N) is 1. The number of carbonyl (C=O) groups excluding carboxylic acids is 1. The van der Waals surface area contributed by atoms with Gasteiger partial charge in [0.15, 0.2) is 0 Å². The van der Waals surface area contributed by atoms with E-state index in [0.29, 0.717) is 5.92 Å². The Labute approximate surface area is 117 Å². The van der Waals surface area contributed by atoms with E-state index in [-0.39, 0.29) is 11.8 Å². The summed E-state index contributed by atoms with van der Waals surface area (Å²) < 4.78 is 5.46. The van der Waals surface area contributed by atoms with E-state index in [9.17, 15) is 4.79 Å². The fourth-order valence-corrected chi connectivity index (χ4v) is 2.54. The third kappa shape index (κ3) is 6.92. The molecule has 4 nitrogen and oxygen atoms in total. The number of hydrogen-bond acceptors (Lipinski definition) is 3. The Hall–Kier alpha value is -0.610. The van der Waals surface area contributed by atoms with Crippen LogP contribution in [0.3, 0.4) is 0 Å². The van der Waals surface area contributed by atoms with Crippen LogP contribution >= 0.6 is 0 Å². The summed E-state index contributed by atoms with van der Waals surface area (Å²) in [5, 5.41) is 3.03. The molecule has 1 aliphatic carbocycles. The first-order chi connectivity index (χ1) is 9.27. The molecule has 0 aromatic heterocycles. The molecule has 19 heavy (non-hydrogen) atoms. The van der Waals surface area contributed by atoms with Gasteiger partial charge < -0.3 is 15.8 Å². The van der Waals surface area contributed by atoms with Crippen molar-refractivity contribution < 1.29 is 9.53 Å². The molecule has 0 aromatic carbocycles. The molecule has 112 valence electrons. The second kappa shape index (κ2) is 10.2. The summed E-state index contributed by atoms with van der Waals surface area (Å²) in [4.78, 5) is 11.9. The van der Waals surface area contributed by atoms with Gasteiger partial charge in [0.25, 0.3) is 0 Å². The van der Waals surface area contributed by atoms with Crippen molar-refractivity contribution in [2.45, 2.75) is 51.9 Å². The van der Waals surface area contributed by atoms with Gasteiger partial charge in [-0.2, -0.15) is 0 Å². The lowest BCUT2D eigenvalue weighted by atomic mass is 9.81. The Morgan fingerprint density at radius 2 is 1.89 bits per heavy atom. The highest BCUT2D eigenvalue weighted by Crippen LogP contribution is 2.28. The highest BCUT2D eigenvalue weighted by Gasteiger charge is 2.25. The van der Waals surface area contributed by atoms with Gasteiger partial charge in [0.05, 0.1) is 0 Å². The number of rotatable bonds is 9. The lowest BCUT2D eigenvalue weighted by Crippen LogP contribution is -2.35. The van der Waals surface area contributed by atoms with Crippen molar-refractivity contribution in [3.8, 4) is 0 Å². The maximum Gasteiger partial charge on any atom is 0.223 e. The summed E-state index contributed by atoms with van der Waals surface area (Å²) in [6.07, 6.45) is 7.41. The monoisotopic (exact) mass is 270 g/mol. The van der Waals surface area contributed by atoms with E-state index < -0.39 is 0 Å². The molecule has 0 bridgehead atoms. The van der Waals surface area contributed by atoms with Gasteiger partial charge in [-0.3, -0.25) is 4.79 Å². The number of hydrogen-bond donors (Lipinski definition) is 2. The predicted molar refractivity (Wildman–Crippen MR) is 77.9 cm³/mol. The second-order valence-corrected chi connectivity index (χ2v) is 5.56. The molecule has 0 spiro atoms. The highest BCUT2D eigenvalue weighted by molar-refractivity contribution is 5.78. The number of ether oxygens (including phenoxy) is 1. The van der Waals surface area contributed by atoms with Crippen molar-refractivity contribution in [2.24, 2.45) is 17.6 Å². The molecule has 1 saturated carbocycles. The maximum atomic E-state index is 11.9. The van der Waals surface area contributed by atoms with Crippen molar-refractivity contribution in [2.75, 3.05) is 26.3 Å². The Balaban J connectivity index is 1.99. The number of carbonyl (C=O) groups is 1. The fraction of sp³-hybridized carbons (Fsp3) is 0.933. The highest BCUT2D eigenvalue weighted by atomic mass is 16.5. The summed E-state index contributed by atoms with van der Waals surface area (Å²) in [5.41, 5.74) is 5.66. The lowest BCUT2D eigenvalue weighted by Gasteiger charge is -2.26. The first-order valence-electron chi connectivity index (χ1n) is 7.83. The van der Waals surface area contributed by atoms with E-state index in [2.05, 4.69) is 12.2 Å². The molecule has 0 radical (unpaired) electrons. The van der Waals surface area contributed by atoms with Crippen molar-refractivity contribution in [3.05, 3.63) is 0 Å². The summed E-state index contributed by atoms with van der Waals surface area (Å²) in [6, 6.07) is 0. The minimum atomic E-state index is 0.212. The third-order valence-electron chi connectivity index (χ3n) is 3.96. The zero-order valence-electron chi connectivity index (χ0n) is 12.3. The van der Waals surface area contributed by atoms with Gasteiger partial charge in [-0.05, 0) is 51.0 Å². The predicted octanol–water partition coefficient (Wildman–Crippen LogP) is 2.07. The van der Waals surface area contributed by atoms with Crippen LogP contribution in [0.5, 0.6) is 0 Å². The molecule has 0 atom stereocenters. The van der Waals surface area contributed by atoms with Crippen LogP contribution in [0.1, 0.15) is 51.9 Å². The Bertz CT molecular complexity index is 238. The van der Waals surface area contributed by atoms with E-state index in [1.54, 1.807) is 0 Å². The maximum absolute atomic E-state index is 11.9. The van der Waals surface area contributed by atoms with Crippen molar-refractivity contribution >= 4 is 5.91 Å². The molecule has 1 aliphatic rings. The van der Waals surface area contributed by atoms with Crippen LogP contribution in [0.15, 0.2) is 0 Å². The Morgan fingerprint density at radius 3 is 2.53 bits per heavy atom. The van der Waals surface area contributed by atoms with E-state index in [1.807, 2.05) is 0 Å². The number of nitrogens with one attached hydrogen (secondary N) is 1. The standard InChI is InChI=1S/C15H30N2O2/c1-2-3-10-19-11-4-9-17-15(18)14-7-5-13(12-16)6-8-14/h13-14H,2-12,16H2,1H3,(H,17,18). The van der Waals surface area contributed by atoms with E-state index >= 15 is 0 Å². The zero-order chi connectivity index (χ0) is 13.9. The Kier molecular flexibility index (Phi) is 8.84. The largest absolute Gasteiger partial charge is 0.381 e. The SMILES string of the molecule is CCCCOCCCNC(=O)C1CCC(CN)CC1. The van der Waals surface area contributed by atoms with Gasteiger partial charge in [0.2, 0.25) is 5.91 Å². The molecule has 4 heteroatoms. The zero-order valence-corrected chi connectivity index (χ0v) is 12.3. The minimum Gasteiger partial charge on any atom is -0.381 e. The lowest BCUT2D eigenvalue weighted by molar-refractivity contribution is -0.126. The average Bonchev–Trinajstić information content (AvgIpc) is 2.46. The van der Waals surface area contributed by atoms with Crippen LogP contribution in [0.4, 0.5) is 0 Å². The number of unbranched alkanes of at least 4 members (excludes halogenated alkanes) is 1. The number of amides is 1. The molecular weight excluding hydrogens is 240 g/mol. The summed E-state index contributed by atoms with van der Waals surface area (Å²) in [5.74, 6) is 1.07. The first kappa shape index (κ1) is 16.4. The molecule has 1 fully saturated rings. The molecule has 3 N–H and O–H groups in total. The summed E-state index contributed by atoms with van der Waals surface area (Å²) in [7, 11) is 0. The van der Waals surface area contributed by atoms with Gasteiger partial charge in [-0.15, -0.1) is 0 Å². The Morgan fingerprint density at radius 1 is 1.21 bits per heavy atom. The van der Waals surface area contributed by atoms with Crippen LogP contribution in [-0.4, -0.2) is 32.2 Å². The molecule has 0 unspecified atom stereocenters. The van der Waals surface area contributed by atoms with E-state index in [4.69, 9.17) is 10.5 Å². The minimum absolute atomic E-state index is 0.212. The molecule has 0 heterocycles. The third-order valence-corrected chi connectivity index (χ3v) is 3.96. The molecular formula is C15H30N2O2. The second-order valence-electron chi connectivity index (χ2n) is 5.56. The van der Waals surface area contributed by atoms with Gasteiger partial charge in [0.1, 0.15) is 0 Å². The van der Waals surface area contributed by atoms with Crippen LogP contribution < -0.4 is 11.1 Å².